The summed E-state index contributed by atoms with van der Waals surface area (Å²) in [7, 11) is 0. The van der Waals surface area contributed by atoms with Crippen LogP contribution in [0.15, 0.2) is 229 Å². The monoisotopic (exact) mass is 807 g/mol. The highest BCUT2D eigenvalue weighted by molar-refractivity contribution is 7.27. The number of nitrogens with zero attached hydrogens (tertiary/aromatic N) is 1. The largest absolute Gasteiger partial charge is 0.456 e. The van der Waals surface area contributed by atoms with Crippen LogP contribution >= 0.6 is 11.3 Å². The van der Waals surface area contributed by atoms with Gasteiger partial charge in [-0.05, 0) is 86.1 Å². The summed E-state index contributed by atoms with van der Waals surface area (Å²) in [6, 6.07) is 82.2. The Morgan fingerprint density at radius 1 is 0.387 bits per heavy atom. The zero-order chi connectivity index (χ0) is 40.8. The Labute approximate surface area is 363 Å². The fraction of sp³-hybridized carbons (Fsp3) is 0.0169. The molecule has 0 fully saturated rings. The Bertz CT molecular complexity index is 3650. The van der Waals surface area contributed by atoms with Crippen molar-refractivity contribution in [2.75, 3.05) is 4.90 Å². The van der Waals surface area contributed by atoms with Gasteiger partial charge in [0.2, 0.25) is 0 Å². The van der Waals surface area contributed by atoms with E-state index in [1.807, 2.05) is 17.4 Å². The first-order valence-electron chi connectivity index (χ1n) is 21.2. The molecule has 13 rings (SSSR count). The van der Waals surface area contributed by atoms with Gasteiger partial charge in [0.05, 0.1) is 11.1 Å². The Morgan fingerprint density at radius 3 is 1.81 bits per heavy atom. The minimum Gasteiger partial charge on any atom is -0.456 e. The lowest BCUT2D eigenvalue weighted by atomic mass is 9.68. The molecule has 0 amide bonds. The predicted octanol–water partition coefficient (Wildman–Crippen LogP) is 16.6. The van der Waals surface area contributed by atoms with Crippen LogP contribution in [0.25, 0.3) is 75.1 Å². The highest BCUT2D eigenvalue weighted by atomic mass is 32.1. The number of thiophene rings is 1. The van der Waals surface area contributed by atoms with Crippen molar-refractivity contribution >= 4 is 81.3 Å². The summed E-state index contributed by atoms with van der Waals surface area (Å²) in [6.07, 6.45) is 0. The number of para-hydroxylation sites is 1. The Morgan fingerprint density at radius 2 is 0.984 bits per heavy atom. The van der Waals surface area contributed by atoms with Gasteiger partial charge in [0.25, 0.3) is 0 Å². The minimum absolute atomic E-state index is 0.517. The normalized spacial score (nSPS) is 13.0. The van der Waals surface area contributed by atoms with Gasteiger partial charge in [-0.15, -0.1) is 11.3 Å². The first-order chi connectivity index (χ1) is 30.8. The zero-order valence-electron chi connectivity index (χ0n) is 33.6. The summed E-state index contributed by atoms with van der Waals surface area (Å²) in [5, 5.41) is 7.44. The van der Waals surface area contributed by atoms with E-state index in [2.05, 4.69) is 223 Å². The number of fused-ring (bicyclic) bond motifs is 11. The number of furan rings is 1. The average molecular weight is 808 g/mol. The van der Waals surface area contributed by atoms with E-state index in [0.29, 0.717) is 0 Å². The van der Waals surface area contributed by atoms with Crippen molar-refractivity contribution < 1.29 is 4.42 Å². The lowest BCUT2D eigenvalue weighted by Crippen LogP contribution is -2.28. The van der Waals surface area contributed by atoms with Crippen molar-refractivity contribution in [1.29, 1.82) is 0 Å². The summed E-state index contributed by atoms with van der Waals surface area (Å²) in [4.78, 5) is 2.43. The van der Waals surface area contributed by atoms with Crippen LogP contribution in [0.1, 0.15) is 22.3 Å². The van der Waals surface area contributed by atoms with Crippen molar-refractivity contribution in [3.05, 3.63) is 247 Å². The molecule has 2 aromatic heterocycles. The number of rotatable bonds is 6. The predicted molar refractivity (Wildman–Crippen MR) is 262 cm³/mol. The average Bonchev–Trinajstić information content (AvgIpc) is 4.01. The van der Waals surface area contributed by atoms with Gasteiger partial charge in [-0.2, -0.15) is 0 Å². The quantitative estimate of drug-likeness (QED) is 0.166. The molecule has 2 nitrogen and oxygen atoms in total. The molecule has 0 atom stereocenters. The highest BCUT2D eigenvalue weighted by Gasteiger charge is 2.47. The molecule has 0 radical (unpaired) electrons. The van der Waals surface area contributed by atoms with Gasteiger partial charge in [0.1, 0.15) is 11.2 Å². The molecule has 62 heavy (non-hydrogen) atoms. The van der Waals surface area contributed by atoms with Crippen molar-refractivity contribution in [3.8, 4) is 22.3 Å². The van der Waals surface area contributed by atoms with Gasteiger partial charge in [-0.1, -0.05) is 182 Å². The summed E-state index contributed by atoms with van der Waals surface area (Å²) in [5.74, 6) is 0. The second kappa shape index (κ2) is 13.7. The molecule has 1 aliphatic rings. The van der Waals surface area contributed by atoms with Crippen LogP contribution in [0.4, 0.5) is 17.1 Å². The fourth-order valence-electron chi connectivity index (χ4n) is 10.5. The van der Waals surface area contributed by atoms with Crippen LogP contribution in [0.5, 0.6) is 0 Å². The smallest absolute Gasteiger partial charge is 0.137 e. The third kappa shape index (κ3) is 5.03. The molecule has 290 valence electrons. The third-order valence-corrected chi connectivity index (χ3v) is 14.4. The minimum atomic E-state index is -0.517. The molecule has 0 aliphatic heterocycles. The first kappa shape index (κ1) is 35.1. The highest BCUT2D eigenvalue weighted by Crippen LogP contribution is 2.59. The maximum Gasteiger partial charge on any atom is 0.137 e. The van der Waals surface area contributed by atoms with Crippen molar-refractivity contribution in [2.45, 2.75) is 5.41 Å². The molecule has 0 spiro atoms. The fourth-order valence-corrected chi connectivity index (χ4v) is 11.9. The second-order valence-electron chi connectivity index (χ2n) is 16.3. The molecular weight excluding hydrogens is 771 g/mol. The maximum atomic E-state index is 6.56. The Balaban J connectivity index is 1.04. The van der Waals surface area contributed by atoms with Gasteiger partial charge < -0.3 is 9.32 Å². The van der Waals surface area contributed by atoms with E-state index in [9.17, 15) is 0 Å². The third-order valence-electron chi connectivity index (χ3n) is 13.1. The van der Waals surface area contributed by atoms with Crippen LogP contribution in [0.2, 0.25) is 0 Å². The zero-order valence-corrected chi connectivity index (χ0v) is 34.4. The first-order valence-corrected chi connectivity index (χ1v) is 22.1. The second-order valence-corrected chi connectivity index (χ2v) is 17.4. The standard InChI is InChI=1S/C59H37NOS/c1-3-16-40(17-4-1)59(41-18-5-2-6-19-41)51-25-11-9-22-50(51)56-52(59)26-14-27-53(56)60(43-34-36-47-46-21-10-12-28-54(46)61-55(47)37-43)42-32-29-39(30-33-42)45-23-13-24-48-49-35-31-38-15-7-8-20-44(38)58(49)62-57(45)48/h1-37H. The van der Waals surface area contributed by atoms with Crippen LogP contribution in [-0.2, 0) is 5.41 Å². The van der Waals surface area contributed by atoms with Gasteiger partial charge in [0, 0.05) is 53.9 Å². The van der Waals surface area contributed by atoms with Crippen LogP contribution in [0, 0.1) is 0 Å². The molecule has 3 heteroatoms. The van der Waals surface area contributed by atoms with Crippen molar-refractivity contribution in [2.24, 2.45) is 0 Å². The van der Waals surface area contributed by atoms with Gasteiger partial charge in [-0.25, -0.2) is 0 Å². The van der Waals surface area contributed by atoms with E-state index in [0.717, 1.165) is 39.0 Å². The number of hydrogen-bond donors (Lipinski definition) is 0. The van der Waals surface area contributed by atoms with Crippen LogP contribution in [-0.4, -0.2) is 0 Å². The lowest BCUT2D eigenvalue weighted by molar-refractivity contribution is 0.669. The van der Waals surface area contributed by atoms with Gasteiger partial charge in [0.15, 0.2) is 0 Å². The van der Waals surface area contributed by atoms with Gasteiger partial charge in [-0.3, -0.25) is 0 Å². The van der Waals surface area contributed by atoms with E-state index in [4.69, 9.17) is 4.42 Å². The molecule has 0 saturated carbocycles. The maximum absolute atomic E-state index is 6.56. The molecule has 0 saturated heterocycles. The Hall–Kier alpha value is -7.72. The molecular formula is C59H37NOS. The summed E-state index contributed by atoms with van der Waals surface area (Å²) in [6.45, 7) is 0. The number of benzene rings is 10. The summed E-state index contributed by atoms with van der Waals surface area (Å²) in [5.41, 5.74) is 14.4. The number of anilines is 3. The van der Waals surface area contributed by atoms with Crippen LogP contribution < -0.4 is 4.90 Å². The Kier molecular flexibility index (Phi) is 7.72. The number of hydrogen-bond acceptors (Lipinski definition) is 3. The van der Waals surface area contributed by atoms with E-state index in [1.165, 1.54) is 75.5 Å². The SMILES string of the molecule is c1ccc(C2(c3ccccc3)c3ccccc3-c3c(N(c4ccc(-c5cccc6c5sc5c7ccccc7ccc65)cc4)c4ccc5c(c4)oc4ccccc45)cccc32)cc1. The van der Waals surface area contributed by atoms with Crippen LogP contribution in [0.3, 0.4) is 0 Å². The summed E-state index contributed by atoms with van der Waals surface area (Å²) >= 11 is 1.90. The van der Waals surface area contributed by atoms with E-state index in [1.54, 1.807) is 0 Å². The van der Waals surface area contributed by atoms with E-state index >= 15 is 0 Å². The molecule has 0 bridgehead atoms. The molecule has 0 unspecified atom stereocenters. The summed E-state index contributed by atoms with van der Waals surface area (Å²) < 4.78 is 9.21. The molecule has 12 aromatic rings. The van der Waals surface area contributed by atoms with Crippen molar-refractivity contribution in [1.82, 2.24) is 0 Å². The topological polar surface area (TPSA) is 16.4 Å². The van der Waals surface area contributed by atoms with Gasteiger partial charge >= 0.3 is 0 Å². The van der Waals surface area contributed by atoms with Crippen molar-refractivity contribution in [3.63, 3.8) is 0 Å². The molecule has 10 aromatic carbocycles. The van der Waals surface area contributed by atoms with E-state index < -0.39 is 5.41 Å². The molecule has 1 aliphatic carbocycles. The molecule has 2 heterocycles. The molecule has 0 N–H and O–H groups in total. The lowest BCUT2D eigenvalue weighted by Gasteiger charge is -2.34. The van der Waals surface area contributed by atoms with E-state index in [-0.39, 0.29) is 0 Å².